The maximum Gasteiger partial charge on any atom is 0.414 e. The van der Waals surface area contributed by atoms with Gasteiger partial charge in [0.05, 0.1) is 11.7 Å². The molecule has 6 amide bonds. The van der Waals surface area contributed by atoms with E-state index in [1.54, 1.807) is 71.9 Å². The van der Waals surface area contributed by atoms with Crippen molar-refractivity contribution in [2.75, 3.05) is 31.6 Å². The number of hydrogen-bond donors (Lipinski definition) is 6. The van der Waals surface area contributed by atoms with Crippen LogP contribution in [0, 0.1) is 0 Å². The molecule has 1 fully saturated rings. The Balaban J connectivity index is 1.09. The number of guanidine groups is 1. The van der Waals surface area contributed by atoms with Crippen molar-refractivity contribution in [2.45, 2.75) is 123 Å². The van der Waals surface area contributed by atoms with Crippen LogP contribution in [0.4, 0.5) is 15.3 Å². The third kappa shape index (κ3) is 16.6. The second-order valence-corrected chi connectivity index (χ2v) is 16.6. The number of rotatable bonds is 17. The molecule has 1 heterocycles. The molecule has 0 aromatic heterocycles. The van der Waals surface area contributed by atoms with Crippen molar-refractivity contribution in [3.8, 4) is 5.75 Å². The second-order valence-electron chi connectivity index (χ2n) is 16.6. The Morgan fingerprint density at radius 2 is 1.44 bits per heavy atom. The third-order valence-corrected chi connectivity index (χ3v) is 8.89. The molecule has 0 spiro atoms. The van der Waals surface area contributed by atoms with Gasteiger partial charge in [0.15, 0.2) is 6.61 Å². The van der Waals surface area contributed by atoms with Gasteiger partial charge in [0.1, 0.15) is 17.0 Å². The number of alkyl carbamates (subject to hydrolysis) is 2. The van der Waals surface area contributed by atoms with Crippen LogP contribution in [-0.4, -0.2) is 96.2 Å². The van der Waals surface area contributed by atoms with Gasteiger partial charge in [-0.1, -0.05) is 25.0 Å². The third-order valence-electron chi connectivity index (χ3n) is 8.89. The fourth-order valence-corrected chi connectivity index (χ4v) is 5.88. The quantitative estimate of drug-likeness (QED) is 0.0729. The number of fused-ring (bicyclic) bond motifs is 1. The van der Waals surface area contributed by atoms with E-state index >= 15 is 0 Å². The fraction of sp³-hybridized carbons (Fsp3) is 0.548. The molecule has 0 bridgehead atoms. The maximum absolute atomic E-state index is 13.5. The van der Waals surface area contributed by atoms with Crippen LogP contribution in [0.15, 0.2) is 47.5 Å². The number of unbranched alkanes of at least 4 members (excludes halogenated alkanes) is 3. The van der Waals surface area contributed by atoms with Crippen molar-refractivity contribution >= 4 is 47.5 Å². The number of hydrogen-bond acceptors (Lipinski definition) is 11. The predicted octanol–water partition coefficient (Wildman–Crippen LogP) is 4.74. The number of benzene rings is 2. The molecule has 1 saturated carbocycles. The number of carbonyl (C=O) groups excluding carboxylic acids is 6. The Hall–Kier alpha value is -5.71. The van der Waals surface area contributed by atoms with Gasteiger partial charge in [-0.15, -0.1) is 0 Å². The first kappa shape index (κ1) is 46.0. The molecule has 1 aliphatic heterocycles. The molecule has 0 unspecified atom stereocenters. The summed E-state index contributed by atoms with van der Waals surface area (Å²) >= 11 is 0. The Bertz CT molecular complexity index is 1800. The summed E-state index contributed by atoms with van der Waals surface area (Å²) in [6.07, 6.45) is 4.29. The molecule has 7 N–H and O–H groups in total. The molecule has 4 rings (SSSR count). The van der Waals surface area contributed by atoms with Gasteiger partial charge in [0.25, 0.3) is 17.7 Å². The Labute approximate surface area is 345 Å². The molecule has 1 atom stereocenters. The zero-order valence-electron chi connectivity index (χ0n) is 35.0. The van der Waals surface area contributed by atoms with Crippen molar-refractivity contribution in [1.29, 1.82) is 0 Å². The van der Waals surface area contributed by atoms with Crippen molar-refractivity contribution in [1.82, 2.24) is 26.2 Å². The highest BCUT2D eigenvalue weighted by atomic mass is 16.6. The summed E-state index contributed by atoms with van der Waals surface area (Å²) < 4.78 is 16.0. The Morgan fingerprint density at radius 3 is 2.03 bits per heavy atom. The summed E-state index contributed by atoms with van der Waals surface area (Å²) in [6.45, 7) is 11.7. The van der Waals surface area contributed by atoms with E-state index in [-0.39, 0.29) is 48.8 Å². The van der Waals surface area contributed by atoms with Crippen LogP contribution >= 0.6 is 0 Å². The lowest BCUT2D eigenvalue weighted by atomic mass is 10.1. The van der Waals surface area contributed by atoms with E-state index in [0.29, 0.717) is 55.0 Å². The van der Waals surface area contributed by atoms with E-state index in [9.17, 15) is 28.8 Å². The van der Waals surface area contributed by atoms with E-state index in [0.717, 1.165) is 44.1 Å². The highest BCUT2D eigenvalue weighted by Gasteiger charge is 2.34. The van der Waals surface area contributed by atoms with Crippen molar-refractivity contribution in [2.24, 2.45) is 10.7 Å². The van der Waals surface area contributed by atoms with Crippen molar-refractivity contribution in [3.63, 3.8) is 0 Å². The van der Waals surface area contributed by atoms with Crippen molar-refractivity contribution < 1.29 is 43.0 Å². The van der Waals surface area contributed by atoms with Gasteiger partial charge in [0, 0.05) is 43.3 Å². The number of nitrogens with two attached hydrogens (primary N) is 1. The molecule has 2 aliphatic rings. The van der Waals surface area contributed by atoms with E-state index in [1.807, 2.05) is 17.0 Å². The SMILES string of the molecule is CC(C)(C)OC(=O)NC(=NCCC[C@H](N)C(=O)NCCCCCCNC(=O)c1ccc(CN(C(=O)c2ccc3c(c2)OCC(=O)N3)C2CC2)cc1)NC(=O)OC(C)(C)C. The van der Waals surface area contributed by atoms with Crippen LogP contribution < -0.4 is 37.1 Å². The zero-order chi connectivity index (χ0) is 43.2. The van der Waals surface area contributed by atoms with Crippen LogP contribution in [0.25, 0.3) is 0 Å². The predicted molar refractivity (Wildman–Crippen MR) is 222 cm³/mol. The molecular weight excluding hydrogens is 761 g/mol. The van der Waals surface area contributed by atoms with E-state index in [1.165, 1.54) is 0 Å². The zero-order valence-corrected chi connectivity index (χ0v) is 35.0. The average Bonchev–Trinajstić information content (AvgIpc) is 4.00. The minimum Gasteiger partial charge on any atom is -0.482 e. The first-order valence-corrected chi connectivity index (χ1v) is 20.2. The van der Waals surface area contributed by atoms with Gasteiger partial charge < -0.3 is 40.8 Å². The largest absolute Gasteiger partial charge is 0.482 e. The van der Waals surface area contributed by atoms with Crippen LogP contribution in [0.1, 0.15) is 119 Å². The molecule has 322 valence electrons. The Kier molecular flexibility index (Phi) is 16.6. The van der Waals surface area contributed by atoms with E-state index < -0.39 is 29.4 Å². The smallest absolute Gasteiger partial charge is 0.414 e. The molecule has 1 aliphatic carbocycles. The molecule has 0 radical (unpaired) electrons. The number of aliphatic imine (C=N–C) groups is 1. The van der Waals surface area contributed by atoms with E-state index in [2.05, 4.69) is 31.6 Å². The number of nitrogens with one attached hydrogen (secondary N) is 5. The molecule has 0 saturated heterocycles. The average molecular weight is 821 g/mol. The minimum absolute atomic E-state index is 0.0847. The normalized spacial score (nSPS) is 14.0. The van der Waals surface area contributed by atoms with Gasteiger partial charge in [-0.3, -0.25) is 34.8 Å². The molecule has 2 aromatic carbocycles. The molecule has 59 heavy (non-hydrogen) atoms. The van der Waals surface area contributed by atoms with E-state index in [4.69, 9.17) is 19.9 Å². The summed E-state index contributed by atoms with van der Waals surface area (Å²) in [5, 5.41) is 13.4. The molecular formula is C42H60N8O9. The summed E-state index contributed by atoms with van der Waals surface area (Å²) in [5.41, 5.74) is 7.06. The molecule has 17 nitrogen and oxygen atoms in total. The van der Waals surface area contributed by atoms with Gasteiger partial charge in [0.2, 0.25) is 11.9 Å². The first-order valence-electron chi connectivity index (χ1n) is 20.2. The monoisotopic (exact) mass is 820 g/mol. The molecule has 2 aromatic rings. The van der Waals surface area contributed by atoms with Crippen LogP contribution in [0.2, 0.25) is 0 Å². The van der Waals surface area contributed by atoms with Gasteiger partial charge in [-0.25, -0.2) is 9.59 Å². The summed E-state index contributed by atoms with van der Waals surface area (Å²) in [6, 6.07) is 11.7. The topological polar surface area (TPSA) is 232 Å². The lowest BCUT2D eigenvalue weighted by molar-refractivity contribution is -0.122. The first-order chi connectivity index (χ1) is 27.9. The minimum atomic E-state index is -0.793. The molecule has 17 heteroatoms. The number of carbonyl (C=O) groups is 6. The van der Waals surface area contributed by atoms with Crippen molar-refractivity contribution in [3.05, 3.63) is 59.2 Å². The summed E-state index contributed by atoms with van der Waals surface area (Å²) in [7, 11) is 0. The Morgan fingerprint density at radius 1 is 0.847 bits per heavy atom. The summed E-state index contributed by atoms with van der Waals surface area (Å²) in [5.74, 6) is -0.451. The van der Waals surface area contributed by atoms with Crippen LogP contribution in [-0.2, 0) is 25.6 Å². The highest BCUT2D eigenvalue weighted by Crippen LogP contribution is 2.33. The van der Waals surface area contributed by atoms with Crippen LogP contribution in [0.5, 0.6) is 5.75 Å². The summed E-state index contributed by atoms with van der Waals surface area (Å²) in [4.78, 5) is 81.0. The number of anilines is 1. The lowest BCUT2D eigenvalue weighted by Gasteiger charge is -2.24. The number of amides is 6. The van der Waals surface area contributed by atoms with Gasteiger partial charge >= 0.3 is 12.2 Å². The standard InChI is InChI=1S/C42H60N8O9/c1-41(2,3)58-39(55)48-38(49-40(56)59-42(4,5)6)46-23-11-12-31(43)36(53)45-22-10-8-7-9-21-44-35(52)28-15-13-27(14-16-28)25-50(30-18-19-30)37(54)29-17-20-32-33(24-29)57-26-34(51)47-32/h13-17,20,24,30-31H,7-12,18-19,21-23,25-26,43H2,1-6H3,(H,44,52)(H,45,53)(H,47,51)(H2,46,48,49,55,56)/t31-/m0/s1. The second kappa shape index (κ2) is 21.3. The lowest BCUT2D eigenvalue weighted by Crippen LogP contribution is -2.47. The fourth-order valence-electron chi connectivity index (χ4n) is 5.88. The number of ether oxygens (including phenoxy) is 3. The van der Waals surface area contributed by atoms with Gasteiger partial charge in [-0.2, -0.15) is 0 Å². The van der Waals surface area contributed by atoms with Gasteiger partial charge in [-0.05, 0) is 116 Å². The van der Waals surface area contributed by atoms with Crippen LogP contribution in [0.3, 0.4) is 0 Å². The maximum atomic E-state index is 13.5. The number of nitrogens with zero attached hydrogens (tertiary/aromatic N) is 2. The highest BCUT2D eigenvalue weighted by molar-refractivity contribution is 6.01.